The van der Waals surface area contributed by atoms with Crippen LogP contribution in [0.4, 0.5) is 0 Å². The van der Waals surface area contributed by atoms with Crippen molar-refractivity contribution in [2.75, 3.05) is 0 Å². The Kier molecular flexibility index (Phi) is 2.33. The van der Waals surface area contributed by atoms with Crippen molar-refractivity contribution >= 4 is 17.7 Å². The average Bonchev–Trinajstić information content (AvgIpc) is 2.82. The summed E-state index contributed by atoms with van der Waals surface area (Å²) in [6.45, 7) is 4.26. The number of carbonyl (C=O) groups is 1. The van der Waals surface area contributed by atoms with Crippen LogP contribution in [-0.4, -0.2) is 21.1 Å². The van der Waals surface area contributed by atoms with Crippen molar-refractivity contribution in [3.05, 3.63) is 0 Å². The summed E-state index contributed by atoms with van der Waals surface area (Å²) < 4.78 is -0.425. The number of carboxylic acid groups (broad SMARTS) is 1. The second-order valence-electron chi connectivity index (χ2n) is 4.99. The van der Waals surface area contributed by atoms with Gasteiger partial charge >= 0.3 is 5.97 Å². The molecule has 2 nitrogen and oxygen atoms in total. The van der Waals surface area contributed by atoms with Crippen molar-refractivity contribution in [2.45, 2.75) is 55.9 Å². The Morgan fingerprint density at radius 3 is 2.43 bits per heavy atom. The third-order valence-electron chi connectivity index (χ3n) is 3.67. The van der Waals surface area contributed by atoms with Crippen molar-refractivity contribution in [2.24, 2.45) is 5.41 Å². The van der Waals surface area contributed by atoms with E-state index < -0.39 is 10.7 Å². The fourth-order valence-electron chi connectivity index (χ4n) is 2.44. The maximum absolute atomic E-state index is 11.2. The molecule has 0 heterocycles. The van der Waals surface area contributed by atoms with E-state index >= 15 is 0 Å². The van der Waals surface area contributed by atoms with E-state index in [9.17, 15) is 9.90 Å². The summed E-state index contributed by atoms with van der Waals surface area (Å²) >= 11 is 1.68. The minimum Gasteiger partial charge on any atom is -0.480 e. The zero-order valence-electron chi connectivity index (χ0n) is 8.88. The van der Waals surface area contributed by atoms with Crippen molar-refractivity contribution in [1.82, 2.24) is 0 Å². The molecule has 2 aliphatic carbocycles. The van der Waals surface area contributed by atoms with E-state index in [4.69, 9.17) is 0 Å². The Morgan fingerprint density at radius 2 is 2.07 bits per heavy atom. The van der Waals surface area contributed by atoms with Crippen molar-refractivity contribution in [3.8, 4) is 0 Å². The van der Waals surface area contributed by atoms with Crippen LogP contribution in [0.25, 0.3) is 0 Å². The lowest BCUT2D eigenvalue weighted by atomic mass is 9.71. The lowest BCUT2D eigenvalue weighted by Gasteiger charge is -2.45. The van der Waals surface area contributed by atoms with Gasteiger partial charge in [0.05, 0.1) is 0 Å². The van der Waals surface area contributed by atoms with Gasteiger partial charge in [-0.15, -0.1) is 11.8 Å². The van der Waals surface area contributed by atoms with Gasteiger partial charge in [-0.2, -0.15) is 0 Å². The second kappa shape index (κ2) is 3.16. The Labute approximate surface area is 89.5 Å². The predicted octanol–water partition coefficient (Wildman–Crippen LogP) is 2.92. The molecule has 0 aromatic carbocycles. The van der Waals surface area contributed by atoms with E-state index in [2.05, 4.69) is 13.8 Å². The molecule has 80 valence electrons. The summed E-state index contributed by atoms with van der Waals surface area (Å²) in [7, 11) is 0. The first-order valence-electron chi connectivity index (χ1n) is 5.43. The molecule has 0 radical (unpaired) electrons. The molecule has 0 aliphatic heterocycles. The molecular weight excluding hydrogens is 196 g/mol. The maximum Gasteiger partial charge on any atom is 0.319 e. The predicted molar refractivity (Wildman–Crippen MR) is 58.6 cm³/mol. The first-order chi connectivity index (χ1) is 6.52. The molecule has 2 rings (SSSR count). The highest BCUT2D eigenvalue weighted by atomic mass is 32.2. The van der Waals surface area contributed by atoms with Crippen LogP contribution in [-0.2, 0) is 4.79 Å². The van der Waals surface area contributed by atoms with Crippen LogP contribution in [0.2, 0.25) is 0 Å². The van der Waals surface area contributed by atoms with Gasteiger partial charge in [0.2, 0.25) is 0 Å². The summed E-state index contributed by atoms with van der Waals surface area (Å²) in [4.78, 5) is 11.2. The van der Waals surface area contributed by atoms with E-state index in [1.165, 1.54) is 12.8 Å². The van der Waals surface area contributed by atoms with Crippen LogP contribution >= 0.6 is 11.8 Å². The van der Waals surface area contributed by atoms with Crippen molar-refractivity contribution in [3.63, 3.8) is 0 Å². The highest BCUT2D eigenvalue weighted by Gasteiger charge is 2.64. The first kappa shape index (κ1) is 10.3. The highest BCUT2D eigenvalue weighted by molar-refractivity contribution is 8.02. The second-order valence-corrected chi connectivity index (χ2v) is 6.81. The van der Waals surface area contributed by atoms with Gasteiger partial charge in [0.25, 0.3) is 0 Å². The average molecular weight is 214 g/mol. The molecule has 14 heavy (non-hydrogen) atoms. The third-order valence-corrected chi connectivity index (χ3v) is 5.32. The summed E-state index contributed by atoms with van der Waals surface area (Å²) in [5.41, 5.74) is 0.471. The minimum atomic E-state index is -0.583. The van der Waals surface area contributed by atoms with Gasteiger partial charge in [-0.1, -0.05) is 13.8 Å². The zero-order valence-corrected chi connectivity index (χ0v) is 9.69. The van der Waals surface area contributed by atoms with Crippen molar-refractivity contribution in [1.29, 1.82) is 0 Å². The van der Waals surface area contributed by atoms with E-state index in [0.29, 0.717) is 10.7 Å². The van der Waals surface area contributed by atoms with Crippen molar-refractivity contribution < 1.29 is 9.90 Å². The van der Waals surface area contributed by atoms with E-state index in [0.717, 1.165) is 19.3 Å². The monoisotopic (exact) mass is 214 g/mol. The molecular formula is C11H18O2S. The highest BCUT2D eigenvalue weighted by Crippen LogP contribution is 2.69. The van der Waals surface area contributed by atoms with Gasteiger partial charge in [0.1, 0.15) is 4.75 Å². The van der Waals surface area contributed by atoms with Crippen LogP contribution in [0.1, 0.15) is 46.0 Å². The van der Waals surface area contributed by atoms with Crippen LogP contribution < -0.4 is 0 Å². The summed E-state index contributed by atoms with van der Waals surface area (Å²) in [5.74, 6) is -0.583. The zero-order chi connectivity index (χ0) is 10.4. The smallest absolute Gasteiger partial charge is 0.319 e. The van der Waals surface area contributed by atoms with Gasteiger partial charge in [0.15, 0.2) is 0 Å². The third kappa shape index (κ3) is 1.56. The van der Waals surface area contributed by atoms with Crippen LogP contribution in [0, 0.1) is 5.41 Å². The molecule has 0 aromatic rings. The first-order valence-corrected chi connectivity index (χ1v) is 6.31. The van der Waals surface area contributed by atoms with Crippen LogP contribution in [0.5, 0.6) is 0 Å². The molecule has 1 N–H and O–H groups in total. The van der Waals surface area contributed by atoms with Crippen LogP contribution in [0.3, 0.4) is 0 Å². The Hall–Kier alpha value is -0.180. The van der Waals surface area contributed by atoms with Gasteiger partial charge < -0.3 is 5.11 Å². The largest absolute Gasteiger partial charge is 0.480 e. The number of hydrogen-bond donors (Lipinski definition) is 1. The SMILES string of the molecule is CCC(C)SC1(C(=O)O)CC2(CC2)C1. The number of aliphatic carboxylic acids is 1. The van der Waals surface area contributed by atoms with E-state index in [1.807, 2.05) is 0 Å². The number of hydrogen-bond acceptors (Lipinski definition) is 2. The van der Waals surface area contributed by atoms with Gasteiger partial charge in [-0.25, -0.2) is 0 Å². The molecule has 1 spiro atoms. The summed E-state index contributed by atoms with van der Waals surface area (Å²) in [6.07, 6.45) is 5.44. The lowest BCUT2D eigenvalue weighted by molar-refractivity contribution is -0.144. The molecule has 2 fully saturated rings. The summed E-state index contributed by atoms with van der Waals surface area (Å²) in [6, 6.07) is 0. The van der Waals surface area contributed by atoms with E-state index in [1.54, 1.807) is 11.8 Å². The van der Waals surface area contributed by atoms with Gasteiger partial charge in [0, 0.05) is 5.25 Å². The topological polar surface area (TPSA) is 37.3 Å². The normalized spacial score (nSPS) is 28.1. The molecule has 2 saturated carbocycles. The quantitative estimate of drug-likeness (QED) is 0.782. The summed E-state index contributed by atoms with van der Waals surface area (Å²) in [5, 5.41) is 9.74. The molecule has 0 bridgehead atoms. The lowest BCUT2D eigenvalue weighted by Crippen LogP contribution is -2.49. The minimum absolute atomic E-state index is 0.425. The molecule has 3 heteroatoms. The van der Waals surface area contributed by atoms with Gasteiger partial charge in [-0.05, 0) is 37.5 Å². The molecule has 0 amide bonds. The molecule has 0 aromatic heterocycles. The number of carboxylic acids is 1. The standard InChI is InChI=1S/C11H18O2S/c1-3-8(2)14-11(9(12)13)6-10(7-11)4-5-10/h8H,3-7H2,1-2H3,(H,12,13). The molecule has 1 unspecified atom stereocenters. The molecule has 2 aliphatic rings. The molecule has 0 saturated heterocycles. The Bertz CT molecular complexity index is 250. The fourth-order valence-corrected chi connectivity index (χ4v) is 4.26. The maximum atomic E-state index is 11.2. The Balaban J connectivity index is 1.98. The van der Waals surface area contributed by atoms with Gasteiger partial charge in [-0.3, -0.25) is 4.79 Å². The molecule has 1 atom stereocenters. The number of thioether (sulfide) groups is 1. The number of rotatable bonds is 4. The Morgan fingerprint density at radius 1 is 1.50 bits per heavy atom. The van der Waals surface area contributed by atoms with Crippen LogP contribution in [0.15, 0.2) is 0 Å². The fraction of sp³-hybridized carbons (Fsp3) is 0.909. The van der Waals surface area contributed by atoms with E-state index in [-0.39, 0.29) is 0 Å².